The van der Waals surface area contributed by atoms with E-state index in [-0.39, 0.29) is 0 Å². The third-order valence-electron chi connectivity index (χ3n) is 0.659. The molecule has 1 N–H and O–H groups in total. The Morgan fingerprint density at radius 1 is 1.38 bits per heavy atom. The molecule has 0 aliphatic heterocycles. The maximum atomic E-state index is 8.64. The van der Waals surface area contributed by atoms with Gasteiger partial charge in [-0.05, 0) is 12.2 Å². The summed E-state index contributed by atoms with van der Waals surface area (Å²) in [6.07, 6.45) is 0. The van der Waals surface area contributed by atoms with Crippen molar-refractivity contribution >= 4 is 17.3 Å². The Hall–Kier alpha value is -0.350. The van der Waals surface area contributed by atoms with Crippen LogP contribution in [-0.2, 0) is 0 Å². The molecular formula is C4H10N2OS. The van der Waals surface area contributed by atoms with Crippen LogP contribution >= 0.6 is 12.2 Å². The molecule has 0 saturated heterocycles. The summed E-state index contributed by atoms with van der Waals surface area (Å²) in [6.45, 7) is 0. The van der Waals surface area contributed by atoms with Crippen LogP contribution in [-0.4, -0.2) is 41.4 Å². The van der Waals surface area contributed by atoms with Gasteiger partial charge in [0.15, 0.2) is 5.11 Å². The molecular weight excluding hydrogens is 124 g/mol. The first-order chi connectivity index (χ1) is 3.55. The van der Waals surface area contributed by atoms with Gasteiger partial charge in [0.05, 0.1) is 0 Å². The summed E-state index contributed by atoms with van der Waals surface area (Å²) in [4.78, 5) is 1.65. The fraction of sp³-hybridized carbons (Fsp3) is 0.750. The predicted octanol–water partition coefficient (Wildman–Crippen LogP) is 0.154. The van der Waals surface area contributed by atoms with E-state index in [2.05, 4.69) is 0 Å². The Bertz CT molecular complexity index is 82.0. The van der Waals surface area contributed by atoms with Gasteiger partial charge in [-0.2, -0.15) is 0 Å². The van der Waals surface area contributed by atoms with Crippen LogP contribution in [0.15, 0.2) is 0 Å². The van der Waals surface area contributed by atoms with Crippen molar-refractivity contribution in [2.45, 2.75) is 0 Å². The van der Waals surface area contributed by atoms with E-state index in [4.69, 9.17) is 17.4 Å². The first kappa shape index (κ1) is 7.65. The van der Waals surface area contributed by atoms with E-state index in [1.54, 1.807) is 19.0 Å². The van der Waals surface area contributed by atoms with Gasteiger partial charge in [-0.3, -0.25) is 5.21 Å². The fourth-order valence-corrected chi connectivity index (χ4v) is 0.289. The van der Waals surface area contributed by atoms with Gasteiger partial charge in [0.2, 0.25) is 0 Å². The summed E-state index contributed by atoms with van der Waals surface area (Å²) in [5.74, 6) is 0. The lowest BCUT2D eigenvalue weighted by atomic mass is 10.8. The second-order valence-corrected chi connectivity index (χ2v) is 2.07. The SMILES string of the molecule is CN(C)C(=S)N(C)O. The molecule has 0 radical (unpaired) electrons. The van der Waals surface area contributed by atoms with Crippen LogP contribution in [0.4, 0.5) is 0 Å². The van der Waals surface area contributed by atoms with E-state index < -0.39 is 0 Å². The van der Waals surface area contributed by atoms with Crippen LogP contribution in [0.2, 0.25) is 0 Å². The quantitative estimate of drug-likeness (QED) is 0.377. The third kappa shape index (κ3) is 2.09. The van der Waals surface area contributed by atoms with Crippen molar-refractivity contribution in [1.82, 2.24) is 9.96 Å². The molecule has 0 saturated carbocycles. The van der Waals surface area contributed by atoms with Crippen molar-refractivity contribution in [1.29, 1.82) is 0 Å². The van der Waals surface area contributed by atoms with Crippen molar-refractivity contribution in [3.63, 3.8) is 0 Å². The number of hydrogen-bond acceptors (Lipinski definition) is 2. The summed E-state index contributed by atoms with van der Waals surface area (Å²) in [6, 6.07) is 0. The lowest BCUT2D eigenvalue weighted by Crippen LogP contribution is -2.33. The maximum absolute atomic E-state index is 8.64. The predicted molar refractivity (Wildman–Crippen MR) is 35.8 cm³/mol. The molecule has 0 rings (SSSR count). The minimum atomic E-state index is 0.407. The molecule has 0 aromatic carbocycles. The molecule has 3 nitrogen and oxygen atoms in total. The highest BCUT2D eigenvalue weighted by atomic mass is 32.1. The monoisotopic (exact) mass is 134 g/mol. The number of rotatable bonds is 0. The van der Waals surface area contributed by atoms with Crippen LogP contribution in [0.5, 0.6) is 0 Å². The molecule has 0 aromatic heterocycles. The highest BCUT2D eigenvalue weighted by Crippen LogP contribution is 1.84. The Labute approximate surface area is 54.5 Å². The van der Waals surface area contributed by atoms with E-state index in [1.165, 1.54) is 7.05 Å². The normalized spacial score (nSPS) is 8.50. The molecule has 0 spiro atoms. The lowest BCUT2D eigenvalue weighted by molar-refractivity contribution is 0.00590. The Morgan fingerprint density at radius 2 is 1.75 bits per heavy atom. The highest BCUT2D eigenvalue weighted by Gasteiger charge is 1.99. The third-order valence-corrected chi connectivity index (χ3v) is 1.29. The first-order valence-electron chi connectivity index (χ1n) is 2.19. The maximum Gasteiger partial charge on any atom is 0.194 e. The summed E-state index contributed by atoms with van der Waals surface area (Å²) < 4.78 is 0. The largest absolute Gasteiger partial charge is 0.354 e. The second-order valence-electron chi connectivity index (χ2n) is 1.70. The van der Waals surface area contributed by atoms with Crippen molar-refractivity contribution in [2.75, 3.05) is 21.1 Å². The zero-order valence-corrected chi connectivity index (χ0v) is 6.07. The fourth-order valence-electron chi connectivity index (χ4n) is 0.289. The zero-order chi connectivity index (χ0) is 6.73. The Balaban J connectivity index is 3.65. The lowest BCUT2D eigenvalue weighted by Gasteiger charge is -2.18. The molecule has 0 aromatic rings. The van der Waals surface area contributed by atoms with Crippen LogP contribution in [0, 0.1) is 0 Å². The van der Waals surface area contributed by atoms with Crippen molar-refractivity contribution in [2.24, 2.45) is 0 Å². The summed E-state index contributed by atoms with van der Waals surface area (Å²) in [5.41, 5.74) is 0. The van der Waals surface area contributed by atoms with E-state index in [0.29, 0.717) is 5.11 Å². The average molecular weight is 134 g/mol. The van der Waals surface area contributed by atoms with Crippen LogP contribution in [0.3, 0.4) is 0 Å². The van der Waals surface area contributed by atoms with Crippen LogP contribution in [0.25, 0.3) is 0 Å². The van der Waals surface area contributed by atoms with E-state index >= 15 is 0 Å². The minimum Gasteiger partial charge on any atom is -0.354 e. The van der Waals surface area contributed by atoms with Gasteiger partial charge in [0.25, 0.3) is 0 Å². The van der Waals surface area contributed by atoms with E-state index in [9.17, 15) is 0 Å². The van der Waals surface area contributed by atoms with Gasteiger partial charge in [0, 0.05) is 21.1 Å². The standard InChI is InChI=1S/C4H10N2OS/c1-5(2)4(8)6(3)7/h7H,1-3H3. The Kier molecular flexibility index (Phi) is 2.71. The van der Waals surface area contributed by atoms with Gasteiger partial charge in [0.1, 0.15) is 0 Å². The molecule has 0 amide bonds. The van der Waals surface area contributed by atoms with Crippen molar-refractivity contribution < 1.29 is 5.21 Å². The number of nitrogens with zero attached hydrogens (tertiary/aromatic N) is 2. The van der Waals surface area contributed by atoms with Crippen LogP contribution < -0.4 is 0 Å². The Morgan fingerprint density at radius 3 is 1.75 bits per heavy atom. The number of hydroxylamine groups is 2. The van der Waals surface area contributed by atoms with Gasteiger partial charge < -0.3 is 4.90 Å². The summed E-state index contributed by atoms with van der Waals surface area (Å²) in [5, 5.41) is 9.95. The molecule has 0 aliphatic carbocycles. The topological polar surface area (TPSA) is 26.7 Å². The van der Waals surface area contributed by atoms with Crippen LogP contribution in [0.1, 0.15) is 0 Å². The van der Waals surface area contributed by atoms with Gasteiger partial charge in [-0.1, -0.05) is 0 Å². The first-order valence-corrected chi connectivity index (χ1v) is 2.60. The number of hydrogen-bond donors (Lipinski definition) is 1. The smallest absolute Gasteiger partial charge is 0.194 e. The van der Waals surface area contributed by atoms with Gasteiger partial charge >= 0.3 is 0 Å². The van der Waals surface area contributed by atoms with E-state index in [0.717, 1.165) is 5.06 Å². The zero-order valence-electron chi connectivity index (χ0n) is 5.25. The molecule has 0 bridgehead atoms. The van der Waals surface area contributed by atoms with Crippen molar-refractivity contribution in [3.8, 4) is 0 Å². The van der Waals surface area contributed by atoms with Gasteiger partial charge in [-0.25, -0.2) is 5.06 Å². The minimum absolute atomic E-state index is 0.407. The molecule has 0 unspecified atom stereocenters. The molecule has 8 heavy (non-hydrogen) atoms. The molecule has 4 heteroatoms. The molecule has 48 valence electrons. The summed E-state index contributed by atoms with van der Waals surface area (Å²) in [7, 11) is 5.03. The second kappa shape index (κ2) is 2.84. The van der Waals surface area contributed by atoms with Crippen molar-refractivity contribution in [3.05, 3.63) is 0 Å². The molecule has 0 heterocycles. The summed E-state index contributed by atoms with van der Waals surface area (Å²) >= 11 is 4.70. The molecule has 0 fully saturated rings. The average Bonchev–Trinajstić information content (AvgIpc) is 1.64. The number of thiocarbonyl (C=S) groups is 1. The molecule has 0 atom stereocenters. The van der Waals surface area contributed by atoms with Gasteiger partial charge in [-0.15, -0.1) is 0 Å². The molecule has 0 aliphatic rings. The highest BCUT2D eigenvalue weighted by molar-refractivity contribution is 7.80. The van der Waals surface area contributed by atoms with E-state index in [1.807, 2.05) is 0 Å².